The van der Waals surface area contributed by atoms with E-state index in [1.807, 2.05) is 0 Å². The lowest BCUT2D eigenvalue weighted by Gasteiger charge is -1.71. The van der Waals surface area contributed by atoms with E-state index in [2.05, 4.69) is 9.98 Å². The molecule has 4 heteroatoms. The van der Waals surface area contributed by atoms with Gasteiger partial charge in [0.15, 0.2) is 0 Å². The Balaban J connectivity index is 2.40. The predicted molar refractivity (Wildman–Crippen MR) is 9.34 cm³/mol. The Bertz CT molecular complexity index is 28.1. The van der Waals surface area contributed by atoms with Crippen molar-refractivity contribution in [1.29, 1.82) is 0 Å². The number of rotatable bonds is 2. The maximum Gasteiger partial charge on any atom is 0.334 e. The topological polar surface area (TPSA) is 35.5 Å². The molecule has 3 nitrogen and oxygen atoms in total. The first kappa shape index (κ1) is 4.36. The first-order valence-electron chi connectivity index (χ1n) is 0.792. The van der Waals surface area contributed by atoms with Gasteiger partial charge >= 0.3 is 6.47 Å². The van der Waals surface area contributed by atoms with Crippen molar-refractivity contribution in [3.63, 3.8) is 0 Å². The van der Waals surface area contributed by atoms with Crippen LogP contribution in [0.4, 0.5) is 4.53 Å². The van der Waals surface area contributed by atoms with Gasteiger partial charge in [0.1, 0.15) is 0 Å². The fraction of sp³-hybridized carbons (Fsp3) is 0. The van der Waals surface area contributed by atoms with Gasteiger partial charge in [0.2, 0.25) is 0 Å². The van der Waals surface area contributed by atoms with E-state index in [4.69, 9.17) is 4.79 Å². The zero-order valence-corrected chi connectivity index (χ0v) is 2.18. The number of hydrogen-bond acceptors (Lipinski definition) is 3. The van der Waals surface area contributed by atoms with Gasteiger partial charge in [-0.2, -0.15) is 0 Å². The summed E-state index contributed by atoms with van der Waals surface area (Å²) in [4.78, 5) is 11.8. The summed E-state index contributed by atoms with van der Waals surface area (Å²) in [5, 5.41) is 2.32. The predicted octanol–water partition coefficient (Wildman–Crippen LogP) is -0.0245. The maximum absolute atomic E-state index is 10.0. The van der Waals surface area contributed by atoms with E-state index < -0.39 is 0 Å². The van der Waals surface area contributed by atoms with Crippen LogP contribution in [-0.4, -0.2) is 6.47 Å². The monoisotopic (exact) mass is 80.0 g/mol. The molecule has 0 heterocycles. The molecule has 0 fully saturated rings. The Kier molecular flexibility index (Phi) is 2.93. The van der Waals surface area contributed by atoms with Crippen LogP contribution in [0.3, 0.4) is 0 Å². The van der Waals surface area contributed by atoms with Crippen LogP contribution < -0.4 is 0 Å². The van der Waals surface area contributed by atoms with E-state index in [1.165, 1.54) is 0 Å². The van der Waals surface area contributed by atoms with Crippen molar-refractivity contribution in [2.45, 2.75) is 0 Å². The van der Waals surface area contributed by atoms with Crippen molar-refractivity contribution in [2.24, 2.45) is 0 Å². The summed E-state index contributed by atoms with van der Waals surface area (Å²) >= 11 is 0. The molecule has 0 aromatic rings. The molecule has 0 aromatic heterocycles. The lowest BCUT2D eigenvalue weighted by molar-refractivity contribution is -0.391. The second kappa shape index (κ2) is 3.36. The van der Waals surface area contributed by atoms with Gasteiger partial charge in [0.05, 0.1) is 0 Å². The molecule has 0 bridgehead atoms. The minimum Gasteiger partial charge on any atom is -0.268 e. The first-order chi connectivity index (χ1) is 2.41. The first-order valence-corrected chi connectivity index (χ1v) is 0.792. The van der Waals surface area contributed by atoms with Crippen molar-refractivity contribution in [2.75, 3.05) is 0 Å². The highest BCUT2D eigenvalue weighted by atomic mass is 19.3. The van der Waals surface area contributed by atoms with E-state index in [1.54, 1.807) is 0 Å². The second-order valence-corrected chi connectivity index (χ2v) is 0.255. The Morgan fingerprint density at radius 1 is 1.80 bits per heavy atom. The zero-order valence-electron chi connectivity index (χ0n) is 2.18. The number of carbonyl (C=O) groups excluding carboxylic acids is 1. The van der Waals surface area contributed by atoms with Gasteiger partial charge in [-0.3, -0.25) is 9.68 Å². The van der Waals surface area contributed by atoms with Gasteiger partial charge in [0, 0.05) is 5.09 Å². The fourth-order valence-electron chi connectivity index (χ4n) is 0.0148. The van der Waals surface area contributed by atoms with Crippen LogP contribution in [0.5, 0.6) is 0 Å². The molecule has 0 spiro atoms. The normalized spacial score (nSPS) is 6.60. The summed E-state index contributed by atoms with van der Waals surface area (Å²) in [5.74, 6) is 0. The number of hydrogen-bond donors (Lipinski definition) is 0. The molecule has 0 rings (SSSR count). The third kappa shape index (κ3) is 3.36. The van der Waals surface area contributed by atoms with E-state index in [9.17, 15) is 4.53 Å². The Morgan fingerprint density at radius 2 is 2.40 bits per heavy atom. The summed E-state index contributed by atoms with van der Waals surface area (Å²) in [6, 6.07) is 0. The van der Waals surface area contributed by atoms with Crippen LogP contribution in [0.1, 0.15) is 0 Å². The third-order valence-corrected chi connectivity index (χ3v) is 0.0757. The van der Waals surface area contributed by atoms with Crippen molar-refractivity contribution in [3.05, 3.63) is 0 Å². The summed E-state index contributed by atoms with van der Waals surface area (Å²) < 4.78 is 10.0. The molecule has 0 atom stereocenters. The van der Waals surface area contributed by atoms with E-state index in [0.29, 0.717) is 0 Å². The van der Waals surface area contributed by atoms with Gasteiger partial charge in [-0.05, 0) is 4.53 Å². The molecule has 0 unspecified atom stereocenters. The summed E-state index contributed by atoms with van der Waals surface area (Å²) in [6.45, 7) is -0.167. The quantitative estimate of drug-likeness (QED) is 0.265. The molecular weight excluding hydrogens is 79.0 g/mol. The molecule has 0 saturated carbocycles. The Hall–Kier alpha value is -0.640. The van der Waals surface area contributed by atoms with Gasteiger partial charge in [-0.15, -0.1) is 0 Å². The number of carbonyl (C=O) groups is 1. The van der Waals surface area contributed by atoms with Gasteiger partial charge < -0.3 is 0 Å². The highest BCUT2D eigenvalue weighted by Crippen LogP contribution is 1.65. The van der Waals surface area contributed by atoms with Gasteiger partial charge in [-0.25, -0.2) is 0 Å². The van der Waals surface area contributed by atoms with Crippen LogP contribution in [0, 0.1) is 0 Å². The highest BCUT2D eigenvalue weighted by Gasteiger charge is 1.66. The Morgan fingerprint density at radius 3 is 2.40 bits per heavy atom. The van der Waals surface area contributed by atoms with E-state index in [-0.39, 0.29) is 6.47 Å². The van der Waals surface area contributed by atoms with E-state index in [0.717, 1.165) is 0 Å². The summed E-state index contributed by atoms with van der Waals surface area (Å²) in [6.07, 6.45) is 0. The van der Waals surface area contributed by atoms with Gasteiger partial charge in [-0.1, -0.05) is 0 Å². The number of halogens is 1. The lowest BCUT2D eigenvalue weighted by atomic mass is 11.7. The molecular formula is CHFO3. The zero-order chi connectivity index (χ0) is 4.12. The smallest absolute Gasteiger partial charge is 0.268 e. The van der Waals surface area contributed by atoms with Crippen molar-refractivity contribution >= 4 is 6.47 Å². The molecule has 30 valence electrons. The molecule has 0 aliphatic heterocycles. The molecule has 0 aromatic carbocycles. The van der Waals surface area contributed by atoms with Crippen LogP contribution in [-0.2, 0) is 14.8 Å². The third-order valence-electron chi connectivity index (χ3n) is 0.0757. The van der Waals surface area contributed by atoms with Crippen LogP contribution in [0.15, 0.2) is 0 Å². The molecule has 0 radical (unpaired) electrons. The van der Waals surface area contributed by atoms with E-state index >= 15 is 0 Å². The summed E-state index contributed by atoms with van der Waals surface area (Å²) in [7, 11) is 0. The molecule has 0 N–H and O–H groups in total. The Labute approximate surface area is 27.1 Å². The standard InChI is InChI=1S/CHFO3/c2-5-4-1-3/h1H. The molecule has 5 heavy (non-hydrogen) atoms. The maximum atomic E-state index is 10.0. The highest BCUT2D eigenvalue weighted by molar-refractivity contribution is 5.35. The molecule has 0 aliphatic rings. The second-order valence-electron chi connectivity index (χ2n) is 0.255. The molecule has 0 aliphatic carbocycles. The minimum absolute atomic E-state index is 0.167. The fourth-order valence-corrected chi connectivity index (χ4v) is 0.0148. The lowest BCUT2D eigenvalue weighted by Crippen LogP contribution is -1.75. The average Bonchev–Trinajstić information content (AvgIpc) is 1.41. The van der Waals surface area contributed by atoms with Crippen LogP contribution in [0.2, 0.25) is 0 Å². The van der Waals surface area contributed by atoms with Gasteiger partial charge in [0.25, 0.3) is 0 Å². The molecule has 0 saturated heterocycles. The molecule has 0 amide bonds. The van der Waals surface area contributed by atoms with Crippen LogP contribution >= 0.6 is 0 Å². The van der Waals surface area contributed by atoms with Crippen molar-refractivity contribution in [1.82, 2.24) is 0 Å². The largest absolute Gasteiger partial charge is 0.334 e. The summed E-state index contributed by atoms with van der Waals surface area (Å²) in [5.41, 5.74) is 0. The minimum atomic E-state index is -0.167. The SMILES string of the molecule is O=COOF. The van der Waals surface area contributed by atoms with Crippen molar-refractivity contribution < 1.29 is 19.3 Å². The van der Waals surface area contributed by atoms with Crippen molar-refractivity contribution in [3.8, 4) is 0 Å². The average molecular weight is 80.0 g/mol. The van der Waals surface area contributed by atoms with Crippen LogP contribution in [0.25, 0.3) is 0 Å².